The summed E-state index contributed by atoms with van der Waals surface area (Å²) in [5, 5.41) is 2.81. The summed E-state index contributed by atoms with van der Waals surface area (Å²) in [6.45, 7) is 1.88. The number of urea groups is 1. The van der Waals surface area contributed by atoms with Crippen molar-refractivity contribution in [3.63, 3.8) is 0 Å². The van der Waals surface area contributed by atoms with Crippen LogP contribution in [-0.2, 0) is 17.8 Å². The number of rotatable bonds is 6. The third-order valence-electron chi connectivity index (χ3n) is 4.25. The van der Waals surface area contributed by atoms with E-state index < -0.39 is 0 Å². The number of amides is 2. The number of hydrogen-bond donors (Lipinski definition) is 1. The summed E-state index contributed by atoms with van der Waals surface area (Å²) in [6, 6.07) is 9.99. The average Bonchev–Trinajstić information content (AvgIpc) is 3.14. The number of ether oxygens (including phenoxy) is 1. The summed E-state index contributed by atoms with van der Waals surface area (Å²) in [6.07, 6.45) is 5.44. The highest BCUT2D eigenvalue weighted by molar-refractivity contribution is 5.74. The smallest absolute Gasteiger partial charge is 0.318 e. The van der Waals surface area contributed by atoms with Gasteiger partial charge in [-0.2, -0.15) is 0 Å². The van der Waals surface area contributed by atoms with Gasteiger partial charge in [0.2, 0.25) is 0 Å². The molecule has 1 atom stereocenters. The lowest BCUT2D eigenvalue weighted by atomic mass is 10.2. The Morgan fingerprint density at radius 1 is 1.28 bits per heavy atom. The van der Waals surface area contributed by atoms with Crippen molar-refractivity contribution in [1.82, 2.24) is 15.2 Å². The first kappa shape index (κ1) is 17.4. The van der Waals surface area contributed by atoms with Crippen molar-refractivity contribution < 1.29 is 13.9 Å². The molecule has 2 aromatic rings. The molecule has 1 aromatic heterocycles. The predicted molar refractivity (Wildman–Crippen MR) is 92.3 cm³/mol. The summed E-state index contributed by atoms with van der Waals surface area (Å²) in [4.78, 5) is 18.4. The molecule has 1 aromatic carbocycles. The first-order chi connectivity index (χ1) is 12.2. The largest absolute Gasteiger partial charge is 0.376 e. The van der Waals surface area contributed by atoms with Crippen LogP contribution in [0.2, 0.25) is 0 Å². The number of hydrogen-bond acceptors (Lipinski definition) is 3. The van der Waals surface area contributed by atoms with E-state index in [0.29, 0.717) is 18.7 Å². The Morgan fingerprint density at radius 3 is 2.80 bits per heavy atom. The number of nitrogens with one attached hydrogen (secondary N) is 1. The zero-order valence-corrected chi connectivity index (χ0v) is 14.0. The highest BCUT2D eigenvalue weighted by atomic mass is 19.1. The van der Waals surface area contributed by atoms with Gasteiger partial charge in [-0.1, -0.05) is 18.2 Å². The molecule has 25 heavy (non-hydrogen) atoms. The minimum absolute atomic E-state index is 0.0565. The Kier molecular flexibility index (Phi) is 5.95. The monoisotopic (exact) mass is 343 g/mol. The second kappa shape index (κ2) is 8.58. The Hall–Kier alpha value is -2.47. The van der Waals surface area contributed by atoms with E-state index in [2.05, 4.69) is 10.3 Å². The maximum absolute atomic E-state index is 13.7. The van der Waals surface area contributed by atoms with E-state index in [0.717, 1.165) is 25.0 Å². The molecule has 0 unspecified atom stereocenters. The standard InChI is InChI=1S/C19H22FN3O2/c20-18-6-2-1-4-16(18)12-22-19(24)23(14-17-5-3-11-25-17)13-15-7-9-21-10-8-15/h1-2,4,6-10,17H,3,5,11-14H2,(H,22,24)/t17-/m1/s1. The number of halogens is 1. The van der Waals surface area contributed by atoms with Crippen LogP contribution < -0.4 is 5.32 Å². The molecule has 2 heterocycles. The SMILES string of the molecule is O=C(NCc1ccccc1F)N(Cc1ccncc1)C[C@H]1CCCO1. The Morgan fingerprint density at radius 2 is 2.08 bits per heavy atom. The molecule has 1 N–H and O–H groups in total. The fraction of sp³-hybridized carbons (Fsp3) is 0.368. The van der Waals surface area contributed by atoms with Gasteiger partial charge in [0.1, 0.15) is 5.82 Å². The molecule has 1 saturated heterocycles. The van der Waals surface area contributed by atoms with Crippen molar-refractivity contribution in [3.05, 3.63) is 65.7 Å². The van der Waals surface area contributed by atoms with Crippen molar-refractivity contribution >= 4 is 6.03 Å². The number of carbonyl (C=O) groups is 1. The summed E-state index contributed by atoms with van der Waals surface area (Å²) in [5.41, 5.74) is 1.46. The lowest BCUT2D eigenvalue weighted by molar-refractivity contribution is 0.0794. The fourth-order valence-electron chi connectivity index (χ4n) is 2.89. The third kappa shape index (κ3) is 5.00. The van der Waals surface area contributed by atoms with Crippen LogP contribution in [0.3, 0.4) is 0 Å². The third-order valence-corrected chi connectivity index (χ3v) is 4.25. The molecule has 1 fully saturated rings. The van der Waals surface area contributed by atoms with Gasteiger partial charge in [-0.15, -0.1) is 0 Å². The van der Waals surface area contributed by atoms with Crippen LogP contribution in [0.4, 0.5) is 9.18 Å². The van der Waals surface area contributed by atoms with Gasteiger partial charge in [0, 0.05) is 44.2 Å². The van der Waals surface area contributed by atoms with E-state index in [9.17, 15) is 9.18 Å². The van der Waals surface area contributed by atoms with Gasteiger partial charge < -0.3 is 15.0 Å². The zero-order chi connectivity index (χ0) is 17.5. The Bertz CT molecular complexity index is 690. The lowest BCUT2D eigenvalue weighted by Crippen LogP contribution is -2.43. The molecule has 0 saturated carbocycles. The summed E-state index contributed by atoms with van der Waals surface area (Å²) in [5.74, 6) is -0.317. The van der Waals surface area contributed by atoms with Gasteiger partial charge in [0.25, 0.3) is 0 Å². The molecule has 6 heteroatoms. The first-order valence-electron chi connectivity index (χ1n) is 8.49. The van der Waals surface area contributed by atoms with Crippen molar-refractivity contribution in [2.24, 2.45) is 0 Å². The second-order valence-corrected chi connectivity index (χ2v) is 6.12. The van der Waals surface area contributed by atoms with Gasteiger partial charge >= 0.3 is 6.03 Å². The highest BCUT2D eigenvalue weighted by Gasteiger charge is 2.22. The van der Waals surface area contributed by atoms with Crippen LogP contribution in [0, 0.1) is 5.82 Å². The maximum atomic E-state index is 13.7. The van der Waals surface area contributed by atoms with Crippen LogP contribution in [0.1, 0.15) is 24.0 Å². The number of pyridine rings is 1. The van der Waals surface area contributed by atoms with Crippen LogP contribution in [0.25, 0.3) is 0 Å². The summed E-state index contributed by atoms with van der Waals surface area (Å²) < 4.78 is 19.4. The molecule has 0 bridgehead atoms. The molecule has 1 aliphatic rings. The Labute approximate surface area is 146 Å². The van der Waals surface area contributed by atoms with Crippen LogP contribution in [0.5, 0.6) is 0 Å². The number of carbonyl (C=O) groups excluding carboxylic acids is 1. The molecular formula is C19H22FN3O2. The molecule has 3 rings (SSSR count). The zero-order valence-electron chi connectivity index (χ0n) is 14.0. The molecule has 2 amide bonds. The van der Waals surface area contributed by atoms with Crippen molar-refractivity contribution in [3.8, 4) is 0 Å². The predicted octanol–water partition coefficient (Wildman–Crippen LogP) is 3.11. The normalized spacial score (nSPS) is 16.6. The molecule has 1 aliphatic heterocycles. The molecule has 0 spiro atoms. The van der Waals surface area contributed by atoms with Crippen molar-refractivity contribution in [2.75, 3.05) is 13.2 Å². The number of nitrogens with zero attached hydrogens (tertiary/aromatic N) is 2. The maximum Gasteiger partial charge on any atom is 0.318 e. The van der Waals surface area contributed by atoms with Gasteiger partial charge in [0.05, 0.1) is 6.10 Å². The Balaban J connectivity index is 1.64. The van der Waals surface area contributed by atoms with Gasteiger partial charge in [0.15, 0.2) is 0 Å². The summed E-state index contributed by atoms with van der Waals surface area (Å²) in [7, 11) is 0. The van der Waals surface area contributed by atoms with Crippen molar-refractivity contribution in [1.29, 1.82) is 0 Å². The first-order valence-corrected chi connectivity index (χ1v) is 8.49. The molecule has 0 radical (unpaired) electrons. The van der Waals surface area contributed by atoms with Crippen molar-refractivity contribution in [2.45, 2.75) is 32.0 Å². The van der Waals surface area contributed by atoms with E-state index in [1.165, 1.54) is 6.07 Å². The van der Waals surface area contributed by atoms with E-state index in [4.69, 9.17) is 4.74 Å². The molecule has 132 valence electrons. The van der Waals surface area contributed by atoms with Gasteiger partial charge in [-0.25, -0.2) is 9.18 Å². The second-order valence-electron chi connectivity index (χ2n) is 6.12. The van der Waals surface area contributed by atoms with E-state index in [1.54, 1.807) is 35.5 Å². The van der Waals surface area contributed by atoms with Gasteiger partial charge in [-0.3, -0.25) is 4.98 Å². The highest BCUT2D eigenvalue weighted by Crippen LogP contribution is 2.15. The minimum atomic E-state index is -0.317. The quantitative estimate of drug-likeness (QED) is 0.877. The topological polar surface area (TPSA) is 54.5 Å². The minimum Gasteiger partial charge on any atom is -0.376 e. The van der Waals surface area contributed by atoms with E-state index >= 15 is 0 Å². The fourth-order valence-corrected chi connectivity index (χ4v) is 2.89. The molecule has 5 nitrogen and oxygen atoms in total. The van der Waals surface area contributed by atoms with Gasteiger partial charge in [-0.05, 0) is 36.6 Å². The average molecular weight is 343 g/mol. The van der Waals surface area contributed by atoms with Crippen LogP contribution >= 0.6 is 0 Å². The number of aromatic nitrogens is 1. The molecule has 0 aliphatic carbocycles. The number of benzene rings is 1. The van der Waals surface area contributed by atoms with Crippen LogP contribution in [0.15, 0.2) is 48.8 Å². The van der Waals surface area contributed by atoms with Crippen LogP contribution in [-0.4, -0.2) is 35.2 Å². The molecular weight excluding hydrogens is 321 g/mol. The summed E-state index contributed by atoms with van der Waals surface area (Å²) >= 11 is 0. The van der Waals surface area contributed by atoms with E-state index in [1.807, 2.05) is 12.1 Å². The van der Waals surface area contributed by atoms with E-state index in [-0.39, 0.29) is 24.5 Å². The lowest BCUT2D eigenvalue weighted by Gasteiger charge is -2.26.